The third-order valence-electron chi connectivity index (χ3n) is 3.59. The van der Waals surface area contributed by atoms with Gasteiger partial charge in [-0.05, 0) is 25.7 Å². The third kappa shape index (κ3) is 3.03. The van der Waals surface area contributed by atoms with E-state index in [0.29, 0.717) is 18.9 Å². The summed E-state index contributed by atoms with van der Waals surface area (Å²) >= 11 is 0. The van der Waals surface area contributed by atoms with E-state index in [2.05, 4.69) is 4.98 Å². The lowest BCUT2D eigenvalue weighted by atomic mass is 9.80. The molecule has 0 atom stereocenters. The van der Waals surface area contributed by atoms with Crippen molar-refractivity contribution in [3.8, 4) is 0 Å². The molecule has 1 aromatic heterocycles. The average Bonchev–Trinajstić information content (AvgIpc) is 2.81. The van der Waals surface area contributed by atoms with Crippen molar-refractivity contribution in [2.24, 2.45) is 0 Å². The molecule has 1 saturated carbocycles. The predicted molar refractivity (Wildman–Crippen MR) is 61.2 cm³/mol. The van der Waals surface area contributed by atoms with Gasteiger partial charge in [0.15, 0.2) is 0 Å². The number of aliphatic hydroxyl groups is 1. The maximum atomic E-state index is 10.3. The molecule has 17 heavy (non-hydrogen) atoms. The first-order valence-electron chi connectivity index (χ1n) is 5.91. The molecule has 0 aliphatic heterocycles. The van der Waals surface area contributed by atoms with Gasteiger partial charge in [-0.25, -0.2) is 4.98 Å². The molecule has 2 rings (SSSR count). The molecule has 6 nitrogen and oxygen atoms in total. The van der Waals surface area contributed by atoms with Crippen molar-refractivity contribution >= 4 is 0 Å². The lowest BCUT2D eigenvalue weighted by molar-refractivity contribution is -0.483. The van der Waals surface area contributed by atoms with Crippen LogP contribution in [0, 0.1) is 10.1 Å². The first-order chi connectivity index (χ1) is 8.09. The van der Waals surface area contributed by atoms with Crippen LogP contribution in [0.4, 0.5) is 0 Å². The van der Waals surface area contributed by atoms with Crippen LogP contribution in [-0.2, 0) is 0 Å². The van der Waals surface area contributed by atoms with Gasteiger partial charge in [0, 0.05) is 29.8 Å². The van der Waals surface area contributed by atoms with Crippen LogP contribution in [0.5, 0.6) is 0 Å². The fraction of sp³-hybridized carbons (Fsp3) is 0.727. The van der Waals surface area contributed by atoms with Gasteiger partial charge >= 0.3 is 0 Å². The first-order valence-corrected chi connectivity index (χ1v) is 5.91. The Bertz CT molecular complexity index is 369. The Hall–Kier alpha value is -1.43. The largest absolute Gasteiger partial charge is 0.390 e. The Balaban J connectivity index is 1.86. The minimum atomic E-state index is -0.843. The maximum absolute atomic E-state index is 10.3. The number of aromatic nitrogens is 2. The number of hydrogen-bond acceptors (Lipinski definition) is 4. The van der Waals surface area contributed by atoms with Crippen molar-refractivity contribution < 1.29 is 10.0 Å². The first kappa shape index (κ1) is 12.0. The molecule has 0 radical (unpaired) electrons. The van der Waals surface area contributed by atoms with Crippen molar-refractivity contribution in [1.29, 1.82) is 0 Å². The lowest BCUT2D eigenvalue weighted by Gasteiger charge is -2.35. The number of nitrogens with zero attached hydrogens (tertiary/aromatic N) is 3. The Labute approximate surface area is 99.4 Å². The van der Waals surface area contributed by atoms with E-state index in [0.717, 1.165) is 12.8 Å². The van der Waals surface area contributed by atoms with Crippen molar-refractivity contribution in [2.75, 3.05) is 6.54 Å². The van der Waals surface area contributed by atoms with Gasteiger partial charge in [0.25, 0.3) is 0 Å². The van der Waals surface area contributed by atoms with Crippen LogP contribution < -0.4 is 0 Å². The quantitative estimate of drug-likeness (QED) is 0.636. The van der Waals surface area contributed by atoms with Crippen molar-refractivity contribution in [3.05, 3.63) is 28.8 Å². The predicted octanol–water partition coefficient (Wildman–Crippen LogP) is 1.40. The fourth-order valence-corrected chi connectivity index (χ4v) is 2.47. The van der Waals surface area contributed by atoms with Crippen LogP contribution in [0.1, 0.15) is 38.1 Å². The van der Waals surface area contributed by atoms with Crippen molar-refractivity contribution in [1.82, 2.24) is 9.55 Å². The normalized spacial score (nSPS) is 29.1. The molecule has 1 heterocycles. The van der Waals surface area contributed by atoms with E-state index in [1.165, 1.54) is 0 Å². The molecule has 0 saturated heterocycles. The van der Waals surface area contributed by atoms with Crippen LogP contribution >= 0.6 is 0 Å². The highest BCUT2D eigenvalue weighted by Gasteiger charge is 2.34. The standard InChI is InChI=1S/C11H17N3O3/c15-11(5-7-14(16)17)3-1-10(2-4-11)13-8-6-12-9-13/h6,8-10,15H,1-5,7H2. The van der Waals surface area contributed by atoms with Crippen LogP contribution in [0.15, 0.2) is 18.7 Å². The maximum Gasteiger partial charge on any atom is 0.206 e. The topological polar surface area (TPSA) is 81.2 Å². The van der Waals surface area contributed by atoms with Gasteiger partial charge in [-0.15, -0.1) is 0 Å². The SMILES string of the molecule is O=[N+]([O-])CCC1(O)CCC(n2ccnc2)CC1. The van der Waals surface area contributed by atoms with Crippen LogP contribution in [0.25, 0.3) is 0 Å². The molecule has 0 aromatic carbocycles. The van der Waals surface area contributed by atoms with Gasteiger partial charge in [0.1, 0.15) is 0 Å². The second kappa shape index (κ2) is 4.83. The van der Waals surface area contributed by atoms with E-state index in [1.54, 1.807) is 12.5 Å². The molecular formula is C11H17N3O3. The average molecular weight is 239 g/mol. The van der Waals surface area contributed by atoms with Gasteiger partial charge in [0.05, 0.1) is 11.9 Å². The molecule has 1 aliphatic rings. The van der Waals surface area contributed by atoms with Crippen molar-refractivity contribution in [3.63, 3.8) is 0 Å². The van der Waals surface area contributed by atoms with E-state index in [4.69, 9.17) is 0 Å². The molecule has 0 bridgehead atoms. The second-order valence-electron chi connectivity index (χ2n) is 4.77. The molecule has 6 heteroatoms. The van der Waals surface area contributed by atoms with Gasteiger partial charge < -0.3 is 9.67 Å². The highest BCUT2D eigenvalue weighted by atomic mass is 16.6. The molecule has 1 aliphatic carbocycles. The molecule has 1 aromatic rings. The summed E-state index contributed by atoms with van der Waals surface area (Å²) < 4.78 is 2.05. The van der Waals surface area contributed by atoms with Crippen molar-refractivity contribution in [2.45, 2.75) is 43.7 Å². The van der Waals surface area contributed by atoms with E-state index < -0.39 is 5.60 Å². The summed E-state index contributed by atoms with van der Waals surface area (Å²) in [6, 6.07) is 0.369. The monoisotopic (exact) mass is 239 g/mol. The molecule has 94 valence electrons. The Kier molecular flexibility index (Phi) is 3.42. The summed E-state index contributed by atoms with van der Waals surface area (Å²) in [5, 5.41) is 20.5. The van der Waals surface area contributed by atoms with E-state index in [-0.39, 0.29) is 17.9 Å². The molecule has 0 amide bonds. The molecular weight excluding hydrogens is 222 g/mol. The van der Waals surface area contributed by atoms with Gasteiger partial charge in [-0.3, -0.25) is 10.1 Å². The molecule has 0 unspecified atom stereocenters. The lowest BCUT2D eigenvalue weighted by Crippen LogP contribution is -2.36. The van der Waals surface area contributed by atoms with E-state index in [1.807, 2.05) is 10.8 Å². The summed E-state index contributed by atoms with van der Waals surface area (Å²) in [5.74, 6) is 0. The second-order valence-corrected chi connectivity index (χ2v) is 4.77. The van der Waals surface area contributed by atoms with Crippen LogP contribution in [0.2, 0.25) is 0 Å². The minimum Gasteiger partial charge on any atom is -0.390 e. The smallest absolute Gasteiger partial charge is 0.206 e. The molecule has 1 fully saturated rings. The number of hydrogen-bond donors (Lipinski definition) is 1. The summed E-state index contributed by atoms with van der Waals surface area (Å²) in [4.78, 5) is 14.0. The zero-order valence-electron chi connectivity index (χ0n) is 9.66. The number of imidazole rings is 1. The van der Waals surface area contributed by atoms with Crippen LogP contribution in [-0.4, -0.2) is 31.7 Å². The van der Waals surface area contributed by atoms with Crippen LogP contribution in [0.3, 0.4) is 0 Å². The minimum absolute atomic E-state index is 0.147. The number of nitro groups is 1. The van der Waals surface area contributed by atoms with E-state index in [9.17, 15) is 15.2 Å². The Morgan fingerprint density at radius 3 is 2.76 bits per heavy atom. The highest BCUT2D eigenvalue weighted by Crippen LogP contribution is 2.36. The number of rotatable bonds is 4. The Morgan fingerprint density at radius 1 is 1.53 bits per heavy atom. The van der Waals surface area contributed by atoms with Gasteiger partial charge in [-0.2, -0.15) is 0 Å². The fourth-order valence-electron chi connectivity index (χ4n) is 2.47. The molecule has 1 N–H and O–H groups in total. The summed E-state index contributed by atoms with van der Waals surface area (Å²) in [5.41, 5.74) is -0.843. The molecule has 0 spiro atoms. The highest BCUT2D eigenvalue weighted by molar-refractivity contribution is 4.90. The Morgan fingerprint density at radius 2 is 2.24 bits per heavy atom. The van der Waals surface area contributed by atoms with Gasteiger partial charge in [-0.1, -0.05) is 0 Å². The van der Waals surface area contributed by atoms with E-state index >= 15 is 0 Å². The summed E-state index contributed by atoms with van der Waals surface area (Å²) in [6.07, 6.45) is 8.67. The third-order valence-corrected chi connectivity index (χ3v) is 3.59. The zero-order chi connectivity index (χ0) is 12.3. The zero-order valence-corrected chi connectivity index (χ0v) is 9.66. The summed E-state index contributed by atoms with van der Waals surface area (Å²) in [7, 11) is 0. The summed E-state index contributed by atoms with van der Waals surface area (Å²) in [6.45, 7) is -0.147. The van der Waals surface area contributed by atoms with Gasteiger partial charge in [0.2, 0.25) is 6.54 Å².